The second-order valence-corrected chi connectivity index (χ2v) is 8.07. The Morgan fingerprint density at radius 1 is 1.03 bits per heavy atom. The number of hydrogen-bond donors (Lipinski definition) is 3. The van der Waals surface area contributed by atoms with E-state index >= 15 is 0 Å². The Kier molecular flexibility index (Phi) is 6.29. The number of anilines is 1. The Morgan fingerprint density at radius 2 is 1.74 bits per heavy atom. The van der Waals surface area contributed by atoms with Crippen molar-refractivity contribution < 1.29 is 27.8 Å². The monoisotopic (exact) mass is 473 g/mol. The van der Waals surface area contributed by atoms with Crippen molar-refractivity contribution in [1.29, 1.82) is 0 Å². The minimum Gasteiger partial charge on any atom is -0.493 e. The molecule has 0 atom stereocenters. The molecule has 0 saturated carbocycles. The van der Waals surface area contributed by atoms with E-state index in [0.717, 1.165) is 12.1 Å². The van der Waals surface area contributed by atoms with Gasteiger partial charge in [0.15, 0.2) is 17.2 Å². The summed E-state index contributed by atoms with van der Waals surface area (Å²) in [4.78, 5) is 8.54. The van der Waals surface area contributed by atoms with Crippen molar-refractivity contribution in [1.82, 2.24) is 20.2 Å². The number of fused-ring (bicyclic) bond motifs is 1. The Morgan fingerprint density at radius 3 is 2.41 bits per heavy atom. The number of nitrogens with one attached hydrogen (secondary N) is 2. The van der Waals surface area contributed by atoms with E-state index in [1.807, 2.05) is 0 Å². The third kappa shape index (κ3) is 5.04. The lowest BCUT2D eigenvalue weighted by atomic mass is 10.1. The molecule has 2 heterocycles. The van der Waals surface area contributed by atoms with Crippen LogP contribution in [0.4, 0.5) is 19.0 Å². The zero-order valence-electron chi connectivity index (χ0n) is 18.6. The van der Waals surface area contributed by atoms with Crippen LogP contribution in [0.25, 0.3) is 22.3 Å². The van der Waals surface area contributed by atoms with E-state index in [1.165, 1.54) is 18.2 Å². The van der Waals surface area contributed by atoms with Gasteiger partial charge in [-0.25, -0.2) is 13.2 Å². The zero-order chi connectivity index (χ0) is 24.5. The molecule has 0 fully saturated rings. The lowest BCUT2D eigenvalue weighted by molar-refractivity contribution is 0.0944. The molecule has 0 spiro atoms. The molecular formula is C23H22F3N5O3. The van der Waals surface area contributed by atoms with E-state index in [0.29, 0.717) is 35.1 Å². The minimum absolute atomic E-state index is 0.0789. The van der Waals surface area contributed by atoms with E-state index in [9.17, 15) is 18.3 Å². The standard InChI is InChI=1S/C23H22F3N5O3/c1-4-33-16-7-5-12(24)9-14(16)19-18-20(27-11-23(2,3)32)28-22(29-21(18)31-30-19)34-17-8-6-13(25)10-15(17)26/h5-10,32H,4,11H2,1-3H3,(H2,27,28,29,30,31). The number of aromatic nitrogens is 4. The Balaban J connectivity index is 1.85. The number of benzene rings is 2. The largest absolute Gasteiger partial charge is 0.493 e. The highest BCUT2D eigenvalue weighted by Crippen LogP contribution is 2.37. The zero-order valence-corrected chi connectivity index (χ0v) is 18.6. The quantitative estimate of drug-likeness (QED) is 0.337. The van der Waals surface area contributed by atoms with Crippen LogP contribution in [0, 0.1) is 17.5 Å². The fourth-order valence-electron chi connectivity index (χ4n) is 3.20. The van der Waals surface area contributed by atoms with Crippen molar-refractivity contribution in [2.24, 2.45) is 0 Å². The molecule has 11 heteroatoms. The Hall–Kier alpha value is -3.86. The van der Waals surface area contributed by atoms with Gasteiger partial charge in [-0.1, -0.05) is 0 Å². The first-order valence-corrected chi connectivity index (χ1v) is 10.4. The molecule has 8 nitrogen and oxygen atoms in total. The number of ether oxygens (including phenoxy) is 2. The predicted octanol–water partition coefficient (Wildman–Crippen LogP) is 4.81. The van der Waals surface area contributed by atoms with Crippen molar-refractivity contribution in [3.63, 3.8) is 0 Å². The summed E-state index contributed by atoms with van der Waals surface area (Å²) in [6.07, 6.45) is 0. The number of hydrogen-bond acceptors (Lipinski definition) is 7. The summed E-state index contributed by atoms with van der Waals surface area (Å²) in [6, 6.07) is 6.62. The van der Waals surface area contributed by atoms with Crippen LogP contribution in [0.3, 0.4) is 0 Å². The maximum atomic E-state index is 14.1. The summed E-state index contributed by atoms with van der Waals surface area (Å²) in [7, 11) is 0. The SMILES string of the molecule is CCOc1ccc(F)cc1-c1n[nH]c2nc(Oc3ccc(F)cc3F)nc(NCC(C)(C)O)c12. The number of H-pyrrole nitrogens is 1. The maximum Gasteiger partial charge on any atom is 0.326 e. The predicted molar refractivity (Wildman–Crippen MR) is 119 cm³/mol. The van der Waals surface area contributed by atoms with Crippen LogP contribution >= 0.6 is 0 Å². The van der Waals surface area contributed by atoms with E-state index in [-0.39, 0.29) is 29.8 Å². The van der Waals surface area contributed by atoms with Crippen molar-refractivity contribution in [2.75, 3.05) is 18.5 Å². The van der Waals surface area contributed by atoms with E-state index in [4.69, 9.17) is 9.47 Å². The second-order valence-electron chi connectivity index (χ2n) is 8.07. The molecule has 4 rings (SSSR count). The van der Waals surface area contributed by atoms with Crippen LogP contribution in [-0.2, 0) is 0 Å². The molecule has 0 aliphatic carbocycles. The summed E-state index contributed by atoms with van der Waals surface area (Å²) in [5, 5.41) is 20.6. The van der Waals surface area contributed by atoms with Crippen molar-refractivity contribution in [3.8, 4) is 28.8 Å². The third-order valence-electron chi connectivity index (χ3n) is 4.68. The van der Waals surface area contributed by atoms with Crippen LogP contribution in [0.15, 0.2) is 36.4 Å². The summed E-state index contributed by atoms with van der Waals surface area (Å²) in [6.45, 7) is 5.42. The van der Waals surface area contributed by atoms with Crippen LogP contribution in [0.5, 0.6) is 17.5 Å². The van der Waals surface area contributed by atoms with Gasteiger partial charge in [-0.2, -0.15) is 15.1 Å². The smallest absolute Gasteiger partial charge is 0.326 e. The van der Waals surface area contributed by atoms with Gasteiger partial charge in [0.1, 0.15) is 28.9 Å². The first-order valence-electron chi connectivity index (χ1n) is 10.4. The molecule has 0 aliphatic heterocycles. The normalized spacial score (nSPS) is 11.6. The maximum absolute atomic E-state index is 14.1. The van der Waals surface area contributed by atoms with Gasteiger partial charge in [0.2, 0.25) is 0 Å². The number of rotatable bonds is 8. The van der Waals surface area contributed by atoms with E-state index in [1.54, 1.807) is 20.8 Å². The number of halogens is 3. The molecule has 0 radical (unpaired) electrons. The fourth-order valence-corrected chi connectivity index (χ4v) is 3.20. The summed E-state index contributed by atoms with van der Waals surface area (Å²) < 4.78 is 52.5. The minimum atomic E-state index is -1.11. The van der Waals surface area contributed by atoms with Gasteiger partial charge >= 0.3 is 6.01 Å². The van der Waals surface area contributed by atoms with Crippen molar-refractivity contribution in [2.45, 2.75) is 26.4 Å². The number of aliphatic hydroxyl groups is 1. The van der Waals surface area contributed by atoms with Crippen LogP contribution in [0.1, 0.15) is 20.8 Å². The summed E-state index contributed by atoms with van der Waals surface area (Å²) in [5.41, 5.74) is -0.245. The highest BCUT2D eigenvalue weighted by atomic mass is 19.1. The Bertz CT molecular complexity index is 1340. The third-order valence-corrected chi connectivity index (χ3v) is 4.68. The fraction of sp³-hybridized carbons (Fsp3) is 0.261. The molecule has 0 saturated heterocycles. The molecule has 178 valence electrons. The molecular weight excluding hydrogens is 451 g/mol. The van der Waals surface area contributed by atoms with Gasteiger partial charge in [-0.15, -0.1) is 0 Å². The Labute approximate surface area is 192 Å². The van der Waals surface area contributed by atoms with Crippen LogP contribution < -0.4 is 14.8 Å². The average molecular weight is 473 g/mol. The van der Waals surface area contributed by atoms with Gasteiger partial charge in [0.25, 0.3) is 0 Å². The topological polar surface area (TPSA) is 105 Å². The summed E-state index contributed by atoms with van der Waals surface area (Å²) in [5.74, 6) is -1.86. The van der Waals surface area contributed by atoms with Gasteiger partial charge in [-0.3, -0.25) is 5.10 Å². The van der Waals surface area contributed by atoms with Gasteiger partial charge < -0.3 is 19.9 Å². The molecule has 0 bridgehead atoms. The molecule has 3 N–H and O–H groups in total. The lowest BCUT2D eigenvalue weighted by Crippen LogP contribution is -2.29. The molecule has 2 aromatic carbocycles. The molecule has 0 aliphatic rings. The van der Waals surface area contributed by atoms with Gasteiger partial charge in [-0.05, 0) is 51.1 Å². The van der Waals surface area contributed by atoms with Crippen molar-refractivity contribution >= 4 is 16.9 Å². The van der Waals surface area contributed by atoms with Gasteiger partial charge in [0.05, 0.1) is 17.6 Å². The number of nitrogens with zero attached hydrogens (tertiary/aromatic N) is 3. The highest BCUT2D eigenvalue weighted by molar-refractivity contribution is 6.00. The second kappa shape index (κ2) is 9.18. The molecule has 34 heavy (non-hydrogen) atoms. The lowest BCUT2D eigenvalue weighted by Gasteiger charge is -2.19. The molecule has 0 amide bonds. The molecule has 0 unspecified atom stereocenters. The van der Waals surface area contributed by atoms with Crippen LogP contribution in [0.2, 0.25) is 0 Å². The first kappa shape index (κ1) is 23.3. The molecule has 4 aromatic rings. The van der Waals surface area contributed by atoms with E-state index < -0.39 is 23.1 Å². The average Bonchev–Trinajstić information content (AvgIpc) is 3.19. The van der Waals surface area contributed by atoms with Crippen LogP contribution in [-0.4, -0.2) is 44.0 Å². The van der Waals surface area contributed by atoms with Gasteiger partial charge in [0, 0.05) is 18.2 Å². The molecule has 2 aromatic heterocycles. The first-order chi connectivity index (χ1) is 16.1. The highest BCUT2D eigenvalue weighted by Gasteiger charge is 2.23. The number of aromatic amines is 1. The summed E-state index contributed by atoms with van der Waals surface area (Å²) >= 11 is 0. The van der Waals surface area contributed by atoms with E-state index in [2.05, 4.69) is 25.5 Å². The van der Waals surface area contributed by atoms with Crippen molar-refractivity contribution in [3.05, 3.63) is 53.8 Å².